The molecule has 0 radical (unpaired) electrons. The maximum absolute atomic E-state index is 10.2. The van der Waals surface area contributed by atoms with Crippen molar-refractivity contribution in [2.75, 3.05) is 14.2 Å². The van der Waals surface area contributed by atoms with E-state index < -0.39 is 0 Å². The molecule has 0 aliphatic carbocycles. The van der Waals surface area contributed by atoms with Crippen molar-refractivity contribution < 1.29 is 14.6 Å². The van der Waals surface area contributed by atoms with E-state index in [0.29, 0.717) is 11.3 Å². The van der Waals surface area contributed by atoms with Gasteiger partial charge in [-0.1, -0.05) is 6.07 Å². The highest BCUT2D eigenvalue weighted by Gasteiger charge is 2.12. The normalized spacial score (nSPS) is 10.5. The number of nitrogens with zero attached hydrogens (tertiary/aromatic N) is 2. The molecule has 1 heterocycles. The van der Waals surface area contributed by atoms with Crippen LogP contribution in [0.1, 0.15) is 0 Å². The summed E-state index contributed by atoms with van der Waals surface area (Å²) in [5.74, 6) is 1.50. The Morgan fingerprint density at radius 3 is 2.45 bits per heavy atom. The van der Waals surface area contributed by atoms with Crippen molar-refractivity contribution in [1.82, 2.24) is 9.78 Å². The van der Waals surface area contributed by atoms with Crippen molar-refractivity contribution >= 4 is 0 Å². The van der Waals surface area contributed by atoms with Crippen LogP contribution in [0.25, 0.3) is 16.9 Å². The Balaban J connectivity index is 2.09. The number of methoxy groups -OCH3 is 2. The second-order valence-corrected chi connectivity index (χ2v) is 4.71. The van der Waals surface area contributed by atoms with E-state index in [-0.39, 0.29) is 5.75 Å². The highest BCUT2D eigenvalue weighted by molar-refractivity contribution is 5.70. The lowest BCUT2D eigenvalue weighted by Gasteiger charge is -2.11. The van der Waals surface area contributed by atoms with E-state index in [4.69, 9.17) is 9.47 Å². The largest absolute Gasteiger partial charge is 0.507 e. The summed E-state index contributed by atoms with van der Waals surface area (Å²) in [5.41, 5.74) is 2.32. The molecule has 0 saturated heterocycles. The van der Waals surface area contributed by atoms with Crippen LogP contribution < -0.4 is 9.47 Å². The Bertz CT molecular complexity index is 796. The molecule has 0 atom stereocenters. The van der Waals surface area contributed by atoms with Gasteiger partial charge in [-0.05, 0) is 30.3 Å². The van der Waals surface area contributed by atoms with Crippen LogP contribution in [0.5, 0.6) is 17.2 Å². The maximum Gasteiger partial charge on any atom is 0.128 e. The Kier molecular flexibility index (Phi) is 3.70. The first-order valence-corrected chi connectivity index (χ1v) is 6.79. The Morgan fingerprint density at radius 2 is 1.73 bits per heavy atom. The molecular weight excluding hydrogens is 280 g/mol. The van der Waals surface area contributed by atoms with Crippen molar-refractivity contribution in [2.45, 2.75) is 0 Å². The van der Waals surface area contributed by atoms with E-state index in [1.165, 1.54) is 0 Å². The minimum Gasteiger partial charge on any atom is -0.507 e. The van der Waals surface area contributed by atoms with E-state index in [9.17, 15) is 5.11 Å². The Labute approximate surface area is 128 Å². The minimum atomic E-state index is 0.143. The molecule has 1 N–H and O–H groups in total. The Hall–Kier alpha value is -2.95. The predicted molar refractivity (Wildman–Crippen MR) is 83.8 cm³/mol. The predicted octanol–water partition coefficient (Wildman–Crippen LogP) is 3.26. The van der Waals surface area contributed by atoms with Crippen molar-refractivity contribution in [3.63, 3.8) is 0 Å². The molecule has 0 saturated carbocycles. The standard InChI is InChI=1S/C17H16N2O3/c1-21-13-5-3-4-12(10-13)19-16(8-9-18-19)15-7-6-14(22-2)11-17(15)20/h3-11,20H,1-2H3. The van der Waals surface area contributed by atoms with Crippen LogP contribution in [-0.2, 0) is 0 Å². The summed E-state index contributed by atoms with van der Waals surface area (Å²) in [4.78, 5) is 0. The summed E-state index contributed by atoms with van der Waals surface area (Å²) in [7, 11) is 3.19. The summed E-state index contributed by atoms with van der Waals surface area (Å²) in [6.45, 7) is 0. The van der Waals surface area contributed by atoms with E-state index in [0.717, 1.165) is 17.1 Å². The summed E-state index contributed by atoms with van der Waals surface area (Å²) in [5, 5.41) is 14.6. The molecule has 1 aromatic heterocycles. The van der Waals surface area contributed by atoms with Gasteiger partial charge in [0, 0.05) is 17.7 Å². The number of phenols is 1. The minimum absolute atomic E-state index is 0.143. The fourth-order valence-electron chi connectivity index (χ4n) is 2.31. The number of benzene rings is 2. The van der Waals surface area contributed by atoms with Gasteiger partial charge in [-0.25, -0.2) is 4.68 Å². The average molecular weight is 296 g/mol. The van der Waals surface area contributed by atoms with Crippen LogP contribution in [0.3, 0.4) is 0 Å². The Morgan fingerprint density at radius 1 is 0.955 bits per heavy atom. The summed E-state index contributed by atoms with van der Waals surface area (Å²) >= 11 is 0. The summed E-state index contributed by atoms with van der Waals surface area (Å²) < 4.78 is 12.1. The third-order valence-corrected chi connectivity index (χ3v) is 3.42. The van der Waals surface area contributed by atoms with Crippen molar-refractivity contribution in [3.05, 3.63) is 54.7 Å². The molecule has 0 bridgehead atoms. The molecule has 0 aliphatic rings. The van der Waals surface area contributed by atoms with Crippen LogP contribution in [-0.4, -0.2) is 29.1 Å². The number of phenolic OH excluding ortho intramolecular Hbond substituents is 1. The molecule has 3 rings (SSSR count). The SMILES string of the molecule is COc1cccc(-n2nccc2-c2ccc(OC)cc2O)c1. The molecule has 112 valence electrons. The number of hydrogen-bond donors (Lipinski definition) is 1. The van der Waals surface area contributed by atoms with Gasteiger partial charge in [0.2, 0.25) is 0 Å². The van der Waals surface area contributed by atoms with Crippen LogP contribution in [0.2, 0.25) is 0 Å². The first-order chi connectivity index (χ1) is 10.7. The molecule has 0 unspecified atom stereocenters. The van der Waals surface area contributed by atoms with Crippen molar-refractivity contribution in [3.8, 4) is 34.2 Å². The van der Waals surface area contributed by atoms with Crippen LogP contribution in [0, 0.1) is 0 Å². The van der Waals surface area contributed by atoms with Crippen molar-refractivity contribution in [2.24, 2.45) is 0 Å². The van der Waals surface area contributed by atoms with Gasteiger partial charge in [0.15, 0.2) is 0 Å². The lowest BCUT2D eigenvalue weighted by atomic mass is 10.1. The van der Waals surface area contributed by atoms with Gasteiger partial charge >= 0.3 is 0 Å². The summed E-state index contributed by atoms with van der Waals surface area (Å²) in [6.07, 6.45) is 1.69. The molecule has 0 fully saturated rings. The van der Waals surface area contributed by atoms with Gasteiger partial charge in [0.1, 0.15) is 17.2 Å². The van der Waals surface area contributed by atoms with E-state index >= 15 is 0 Å². The zero-order valence-corrected chi connectivity index (χ0v) is 12.4. The average Bonchev–Trinajstić information content (AvgIpc) is 3.04. The lowest BCUT2D eigenvalue weighted by Crippen LogP contribution is -1.99. The van der Waals surface area contributed by atoms with Gasteiger partial charge in [0.25, 0.3) is 0 Å². The zero-order valence-electron chi connectivity index (χ0n) is 12.4. The fraction of sp³-hybridized carbons (Fsp3) is 0.118. The van der Waals surface area contributed by atoms with Crippen LogP contribution in [0.4, 0.5) is 0 Å². The third kappa shape index (κ3) is 2.48. The molecule has 5 heteroatoms. The van der Waals surface area contributed by atoms with Gasteiger partial charge in [-0.15, -0.1) is 0 Å². The fourth-order valence-corrected chi connectivity index (χ4v) is 2.31. The number of rotatable bonds is 4. The number of aromatic nitrogens is 2. The zero-order chi connectivity index (χ0) is 15.5. The monoisotopic (exact) mass is 296 g/mol. The second-order valence-electron chi connectivity index (χ2n) is 4.71. The van der Waals surface area contributed by atoms with Gasteiger partial charge in [-0.3, -0.25) is 0 Å². The van der Waals surface area contributed by atoms with Crippen molar-refractivity contribution in [1.29, 1.82) is 0 Å². The highest BCUT2D eigenvalue weighted by atomic mass is 16.5. The topological polar surface area (TPSA) is 56.5 Å². The molecule has 3 aromatic rings. The molecule has 0 spiro atoms. The van der Waals surface area contributed by atoms with Gasteiger partial charge in [0.05, 0.1) is 31.8 Å². The molecule has 0 aliphatic heterocycles. The highest BCUT2D eigenvalue weighted by Crippen LogP contribution is 2.33. The molecule has 0 amide bonds. The molecule has 5 nitrogen and oxygen atoms in total. The first-order valence-electron chi connectivity index (χ1n) is 6.79. The lowest BCUT2D eigenvalue weighted by molar-refractivity contribution is 0.408. The van der Waals surface area contributed by atoms with Gasteiger partial charge in [-0.2, -0.15) is 5.10 Å². The second kappa shape index (κ2) is 5.81. The maximum atomic E-state index is 10.2. The summed E-state index contributed by atoms with van der Waals surface area (Å²) in [6, 6.07) is 14.6. The third-order valence-electron chi connectivity index (χ3n) is 3.42. The number of hydrogen-bond acceptors (Lipinski definition) is 4. The van der Waals surface area contributed by atoms with Crippen LogP contribution in [0.15, 0.2) is 54.7 Å². The number of ether oxygens (including phenoxy) is 2. The van der Waals surface area contributed by atoms with Crippen LogP contribution >= 0.6 is 0 Å². The number of aromatic hydroxyl groups is 1. The smallest absolute Gasteiger partial charge is 0.128 e. The molecule has 2 aromatic carbocycles. The molecular formula is C17H16N2O3. The van der Waals surface area contributed by atoms with E-state index in [1.807, 2.05) is 36.4 Å². The van der Waals surface area contributed by atoms with E-state index in [2.05, 4.69) is 5.10 Å². The van der Waals surface area contributed by atoms with Gasteiger partial charge < -0.3 is 14.6 Å². The quantitative estimate of drug-likeness (QED) is 0.803. The van der Waals surface area contributed by atoms with E-state index in [1.54, 1.807) is 37.2 Å². The molecule has 22 heavy (non-hydrogen) atoms. The first kappa shape index (κ1) is 14.0.